The SMILES string of the molecule is O=c1[nH]c2cnc(Cl)nc2n(Cc2ccc(-c3nc(C(F)(F)F)cn3C3CC3)cc2)c1=O. The number of halogens is 4. The van der Waals surface area contributed by atoms with Crippen LogP contribution in [0.4, 0.5) is 13.2 Å². The van der Waals surface area contributed by atoms with E-state index in [0.717, 1.165) is 19.0 Å². The molecule has 8 nitrogen and oxygen atoms in total. The maximum atomic E-state index is 13.2. The predicted molar refractivity (Wildman–Crippen MR) is 109 cm³/mol. The Bertz CT molecular complexity index is 1450. The van der Waals surface area contributed by atoms with Crippen LogP contribution in [0.3, 0.4) is 0 Å². The van der Waals surface area contributed by atoms with Crippen molar-refractivity contribution in [3.05, 3.63) is 73.9 Å². The van der Waals surface area contributed by atoms with Crippen LogP contribution in [0.5, 0.6) is 0 Å². The number of hydrogen-bond donors (Lipinski definition) is 1. The van der Waals surface area contributed by atoms with Gasteiger partial charge in [-0.05, 0) is 30.0 Å². The van der Waals surface area contributed by atoms with Crippen molar-refractivity contribution < 1.29 is 13.2 Å². The number of rotatable bonds is 4. The first-order valence-corrected chi connectivity index (χ1v) is 9.99. The van der Waals surface area contributed by atoms with Crippen molar-refractivity contribution in [1.29, 1.82) is 0 Å². The smallest absolute Gasteiger partial charge is 0.327 e. The van der Waals surface area contributed by atoms with Crippen LogP contribution < -0.4 is 11.1 Å². The molecule has 0 atom stereocenters. The third-order valence-corrected chi connectivity index (χ3v) is 5.38. The van der Waals surface area contributed by atoms with Crippen LogP contribution >= 0.6 is 11.6 Å². The molecule has 0 bridgehead atoms. The fourth-order valence-corrected chi connectivity index (χ4v) is 3.63. The predicted octanol–water partition coefficient (Wildman–Crippen LogP) is 3.40. The summed E-state index contributed by atoms with van der Waals surface area (Å²) >= 11 is 5.83. The number of alkyl halides is 3. The minimum atomic E-state index is -4.53. The highest BCUT2D eigenvalue weighted by Gasteiger charge is 2.37. The molecule has 0 amide bonds. The second-order valence-electron chi connectivity index (χ2n) is 7.50. The highest BCUT2D eigenvalue weighted by atomic mass is 35.5. The molecule has 1 N–H and O–H groups in total. The molecular weight excluding hydrogens is 449 g/mol. The van der Waals surface area contributed by atoms with Gasteiger partial charge in [0.2, 0.25) is 5.28 Å². The van der Waals surface area contributed by atoms with E-state index in [-0.39, 0.29) is 34.9 Å². The Kier molecular flexibility index (Phi) is 4.66. The van der Waals surface area contributed by atoms with Gasteiger partial charge in [-0.25, -0.2) is 9.97 Å². The molecule has 32 heavy (non-hydrogen) atoms. The van der Waals surface area contributed by atoms with E-state index in [1.54, 1.807) is 28.8 Å². The molecule has 4 aromatic rings. The zero-order valence-electron chi connectivity index (χ0n) is 16.2. The van der Waals surface area contributed by atoms with E-state index in [1.165, 1.54) is 10.8 Å². The lowest BCUT2D eigenvalue weighted by atomic mass is 10.1. The van der Waals surface area contributed by atoms with Crippen LogP contribution in [0, 0.1) is 0 Å². The van der Waals surface area contributed by atoms with Crippen LogP contribution in [0.2, 0.25) is 5.28 Å². The normalized spacial score (nSPS) is 14.2. The van der Waals surface area contributed by atoms with Crippen molar-refractivity contribution in [2.45, 2.75) is 31.6 Å². The summed E-state index contributed by atoms with van der Waals surface area (Å²) in [6, 6.07) is 6.62. The molecule has 12 heteroatoms. The zero-order valence-corrected chi connectivity index (χ0v) is 17.0. The fourth-order valence-electron chi connectivity index (χ4n) is 3.50. The van der Waals surface area contributed by atoms with Crippen molar-refractivity contribution >= 4 is 22.8 Å². The van der Waals surface area contributed by atoms with Gasteiger partial charge in [0.25, 0.3) is 0 Å². The largest absolute Gasteiger partial charge is 0.434 e. The van der Waals surface area contributed by atoms with Gasteiger partial charge in [0.15, 0.2) is 11.3 Å². The maximum absolute atomic E-state index is 13.2. The Morgan fingerprint density at radius 1 is 1.12 bits per heavy atom. The molecule has 0 unspecified atom stereocenters. The van der Waals surface area contributed by atoms with E-state index in [0.29, 0.717) is 11.1 Å². The number of nitrogens with zero attached hydrogens (tertiary/aromatic N) is 5. The van der Waals surface area contributed by atoms with Crippen LogP contribution in [0.1, 0.15) is 30.1 Å². The quantitative estimate of drug-likeness (QED) is 0.370. The monoisotopic (exact) mass is 462 g/mol. The molecule has 0 spiro atoms. The minimum Gasteiger partial charge on any atom is -0.327 e. The highest BCUT2D eigenvalue weighted by molar-refractivity contribution is 6.28. The standard InChI is InChI=1S/C20H14ClF3N6O2/c21-19-25-7-13-16(28-19)30(18(32)17(31)26-13)8-10-1-3-11(4-2-10)15-27-14(20(22,23)24)9-29(15)12-5-6-12/h1-4,7,9,12H,5-6,8H2,(H,26,31). The number of H-pyrrole nitrogens is 1. The average molecular weight is 463 g/mol. The summed E-state index contributed by atoms with van der Waals surface area (Å²) in [4.78, 5) is 38.4. The number of aromatic nitrogens is 6. The van der Waals surface area contributed by atoms with Gasteiger partial charge in [-0.15, -0.1) is 0 Å². The molecule has 1 aromatic carbocycles. The lowest BCUT2D eigenvalue weighted by Crippen LogP contribution is -2.37. The Hall–Kier alpha value is -3.47. The molecule has 5 rings (SSSR count). The molecule has 0 aliphatic heterocycles. The van der Waals surface area contributed by atoms with Crippen molar-refractivity contribution in [2.75, 3.05) is 0 Å². The van der Waals surface area contributed by atoms with Gasteiger partial charge in [0, 0.05) is 17.8 Å². The van der Waals surface area contributed by atoms with Crippen LogP contribution in [-0.2, 0) is 12.7 Å². The summed E-state index contributed by atoms with van der Waals surface area (Å²) in [7, 11) is 0. The molecular formula is C20H14ClF3N6O2. The molecule has 3 heterocycles. The Labute approximate surface area is 182 Å². The Morgan fingerprint density at radius 2 is 1.84 bits per heavy atom. The molecule has 1 aliphatic carbocycles. The Balaban J connectivity index is 1.52. The van der Waals surface area contributed by atoms with Crippen LogP contribution in [0.25, 0.3) is 22.6 Å². The molecule has 0 radical (unpaired) electrons. The molecule has 3 aromatic heterocycles. The molecule has 1 saturated carbocycles. The second kappa shape index (κ2) is 7.30. The summed E-state index contributed by atoms with van der Waals surface area (Å²) in [5.74, 6) is 0.240. The first-order valence-electron chi connectivity index (χ1n) is 9.61. The lowest BCUT2D eigenvalue weighted by molar-refractivity contribution is -0.140. The van der Waals surface area contributed by atoms with Gasteiger partial charge in [0.1, 0.15) is 11.3 Å². The van der Waals surface area contributed by atoms with E-state index in [4.69, 9.17) is 11.6 Å². The van der Waals surface area contributed by atoms with Gasteiger partial charge in [0.05, 0.1) is 12.7 Å². The number of nitrogens with one attached hydrogen (secondary N) is 1. The van der Waals surface area contributed by atoms with Crippen molar-refractivity contribution in [3.8, 4) is 11.4 Å². The number of imidazole rings is 1. The van der Waals surface area contributed by atoms with E-state index in [1.807, 2.05) is 0 Å². The number of benzene rings is 1. The number of aromatic amines is 1. The molecule has 164 valence electrons. The van der Waals surface area contributed by atoms with E-state index < -0.39 is 23.0 Å². The first kappa shape index (κ1) is 20.4. The lowest BCUT2D eigenvalue weighted by Gasteiger charge is -2.10. The van der Waals surface area contributed by atoms with Gasteiger partial charge in [-0.3, -0.25) is 14.2 Å². The Morgan fingerprint density at radius 3 is 2.50 bits per heavy atom. The summed E-state index contributed by atoms with van der Waals surface area (Å²) in [6.07, 6.45) is -0.558. The van der Waals surface area contributed by atoms with Crippen LogP contribution in [-0.4, -0.2) is 29.1 Å². The van der Waals surface area contributed by atoms with Crippen LogP contribution in [0.15, 0.2) is 46.2 Å². The summed E-state index contributed by atoms with van der Waals surface area (Å²) in [6.45, 7) is 0.0116. The third-order valence-electron chi connectivity index (χ3n) is 5.20. The van der Waals surface area contributed by atoms with E-state index in [2.05, 4.69) is 19.9 Å². The molecule has 1 fully saturated rings. The van der Waals surface area contributed by atoms with E-state index >= 15 is 0 Å². The fraction of sp³-hybridized carbons (Fsp3) is 0.250. The van der Waals surface area contributed by atoms with Gasteiger partial charge in [-0.2, -0.15) is 18.2 Å². The molecule has 0 saturated heterocycles. The topological polar surface area (TPSA) is 98.5 Å². The maximum Gasteiger partial charge on any atom is 0.434 e. The summed E-state index contributed by atoms with van der Waals surface area (Å²) in [5, 5.41) is -0.0829. The van der Waals surface area contributed by atoms with Crippen molar-refractivity contribution in [3.63, 3.8) is 0 Å². The zero-order chi connectivity index (χ0) is 22.6. The number of fused-ring (bicyclic) bond motifs is 1. The summed E-state index contributed by atoms with van der Waals surface area (Å²) < 4.78 is 42.2. The second-order valence-corrected chi connectivity index (χ2v) is 7.84. The van der Waals surface area contributed by atoms with Crippen molar-refractivity contribution in [1.82, 2.24) is 29.1 Å². The third kappa shape index (κ3) is 3.68. The number of hydrogen-bond acceptors (Lipinski definition) is 5. The van der Waals surface area contributed by atoms with Gasteiger partial charge in [-0.1, -0.05) is 24.3 Å². The first-order chi connectivity index (χ1) is 15.2. The summed E-state index contributed by atoms with van der Waals surface area (Å²) in [5.41, 5.74) is -0.995. The van der Waals surface area contributed by atoms with Gasteiger partial charge >= 0.3 is 17.3 Å². The van der Waals surface area contributed by atoms with E-state index in [9.17, 15) is 22.8 Å². The van der Waals surface area contributed by atoms with Crippen molar-refractivity contribution in [2.24, 2.45) is 0 Å². The molecule has 1 aliphatic rings. The minimum absolute atomic E-state index is 0.0116. The average Bonchev–Trinajstić information content (AvgIpc) is 3.49. The van der Waals surface area contributed by atoms with Gasteiger partial charge < -0.3 is 9.55 Å². The highest BCUT2D eigenvalue weighted by Crippen LogP contribution is 2.40.